The van der Waals surface area contributed by atoms with Crippen molar-refractivity contribution in [1.29, 1.82) is 0 Å². The number of carbonyl (C=O) groups is 1. The molecule has 0 spiro atoms. The van der Waals surface area contributed by atoms with Crippen LogP contribution in [0.4, 0.5) is 4.79 Å². The number of amides is 2. The van der Waals surface area contributed by atoms with Crippen molar-refractivity contribution in [2.24, 2.45) is 0 Å². The highest BCUT2D eigenvalue weighted by Gasteiger charge is 2.29. The predicted octanol–water partition coefficient (Wildman–Crippen LogP) is 3.03. The van der Waals surface area contributed by atoms with Gasteiger partial charge < -0.3 is 24.8 Å². The number of hydrogen-bond donors (Lipinski definition) is 2. The number of nitrogens with one attached hydrogen (secondary N) is 2. The zero-order valence-corrected chi connectivity index (χ0v) is 16.0. The van der Waals surface area contributed by atoms with Gasteiger partial charge in [0.25, 0.3) is 0 Å². The molecule has 1 heterocycles. The summed E-state index contributed by atoms with van der Waals surface area (Å²) in [5.41, 5.74) is 2.19. The van der Waals surface area contributed by atoms with Crippen LogP contribution in [-0.2, 0) is 22.7 Å². The predicted molar refractivity (Wildman–Crippen MR) is 107 cm³/mol. The van der Waals surface area contributed by atoms with E-state index in [-0.39, 0.29) is 18.1 Å². The summed E-state index contributed by atoms with van der Waals surface area (Å²) < 4.78 is 16.6. The van der Waals surface area contributed by atoms with Crippen molar-refractivity contribution < 1.29 is 19.0 Å². The molecular formula is C22H26N2O4. The maximum absolute atomic E-state index is 11.7. The van der Waals surface area contributed by atoms with E-state index in [4.69, 9.17) is 14.2 Å². The van der Waals surface area contributed by atoms with Gasteiger partial charge in [-0.2, -0.15) is 0 Å². The summed E-state index contributed by atoms with van der Waals surface area (Å²) in [7, 11) is 1.65. The van der Waals surface area contributed by atoms with Crippen molar-refractivity contribution in [2.45, 2.75) is 25.3 Å². The Kier molecular flexibility index (Phi) is 7.46. The van der Waals surface area contributed by atoms with E-state index in [2.05, 4.69) is 10.6 Å². The third-order valence-corrected chi connectivity index (χ3v) is 4.44. The Morgan fingerprint density at radius 3 is 2.39 bits per heavy atom. The van der Waals surface area contributed by atoms with Gasteiger partial charge in [-0.15, -0.1) is 0 Å². The Morgan fingerprint density at radius 2 is 1.64 bits per heavy atom. The van der Waals surface area contributed by atoms with Gasteiger partial charge in [0.2, 0.25) is 0 Å². The minimum absolute atomic E-state index is 0.103. The number of hydrogen-bond acceptors (Lipinski definition) is 4. The quantitative estimate of drug-likeness (QED) is 0.490. The fourth-order valence-corrected chi connectivity index (χ4v) is 2.93. The molecule has 28 heavy (non-hydrogen) atoms. The lowest BCUT2D eigenvalue weighted by atomic mass is 10.1. The van der Waals surface area contributed by atoms with Gasteiger partial charge in [-0.25, -0.2) is 4.79 Å². The van der Waals surface area contributed by atoms with Crippen LogP contribution in [-0.4, -0.2) is 38.4 Å². The van der Waals surface area contributed by atoms with Crippen LogP contribution < -0.4 is 15.4 Å². The van der Waals surface area contributed by atoms with Crippen molar-refractivity contribution in [3.63, 3.8) is 0 Å². The Balaban J connectivity index is 1.39. The zero-order chi connectivity index (χ0) is 19.6. The van der Waals surface area contributed by atoms with E-state index >= 15 is 0 Å². The molecule has 0 aliphatic carbocycles. The van der Waals surface area contributed by atoms with Gasteiger partial charge in [0.05, 0.1) is 45.6 Å². The van der Waals surface area contributed by atoms with Crippen molar-refractivity contribution >= 4 is 6.03 Å². The van der Waals surface area contributed by atoms with Crippen LogP contribution >= 0.6 is 0 Å². The molecule has 0 aromatic heterocycles. The van der Waals surface area contributed by atoms with E-state index in [1.807, 2.05) is 66.7 Å². The monoisotopic (exact) mass is 382 g/mol. The molecule has 0 saturated carbocycles. The highest BCUT2D eigenvalue weighted by molar-refractivity contribution is 5.77. The smallest absolute Gasteiger partial charge is 0.315 e. The normalized spacial score (nSPS) is 18.8. The molecule has 2 aromatic carbocycles. The maximum atomic E-state index is 11.7. The molecule has 148 valence electrons. The molecule has 2 atom stereocenters. The largest absolute Gasteiger partial charge is 0.497 e. The summed E-state index contributed by atoms with van der Waals surface area (Å²) >= 11 is 0. The Morgan fingerprint density at radius 1 is 0.929 bits per heavy atom. The number of urea groups is 1. The fraction of sp³-hybridized carbons (Fsp3) is 0.318. The van der Waals surface area contributed by atoms with E-state index in [0.717, 1.165) is 16.9 Å². The molecule has 6 nitrogen and oxygen atoms in total. The summed E-state index contributed by atoms with van der Waals surface area (Å²) in [6.07, 6.45) is 3.87. The SMILES string of the molecule is COc1ccc(COC/C=C/[C@@H]2NC(=O)N[C@@H]2COCc2ccccc2)cc1. The Hall–Kier alpha value is -2.83. The Bertz CT molecular complexity index is 762. The van der Waals surface area contributed by atoms with Gasteiger partial charge in [0.15, 0.2) is 0 Å². The Labute approximate surface area is 165 Å². The van der Waals surface area contributed by atoms with Gasteiger partial charge in [-0.3, -0.25) is 0 Å². The fourth-order valence-electron chi connectivity index (χ4n) is 2.93. The molecule has 6 heteroatoms. The van der Waals surface area contributed by atoms with Gasteiger partial charge in [-0.1, -0.05) is 54.6 Å². The zero-order valence-electron chi connectivity index (χ0n) is 16.0. The molecule has 0 radical (unpaired) electrons. The third-order valence-electron chi connectivity index (χ3n) is 4.44. The van der Waals surface area contributed by atoms with E-state index < -0.39 is 0 Å². The molecule has 3 rings (SSSR count). The number of methoxy groups -OCH3 is 1. The lowest BCUT2D eigenvalue weighted by Crippen LogP contribution is -2.36. The highest BCUT2D eigenvalue weighted by Crippen LogP contribution is 2.12. The van der Waals surface area contributed by atoms with Crippen molar-refractivity contribution in [3.05, 3.63) is 77.9 Å². The molecule has 1 aliphatic heterocycles. The lowest BCUT2D eigenvalue weighted by molar-refractivity contribution is 0.102. The van der Waals surface area contributed by atoms with Crippen LogP contribution in [0.15, 0.2) is 66.7 Å². The maximum Gasteiger partial charge on any atom is 0.315 e. The second kappa shape index (κ2) is 10.5. The van der Waals surface area contributed by atoms with Crippen molar-refractivity contribution in [2.75, 3.05) is 20.3 Å². The number of ether oxygens (including phenoxy) is 3. The molecule has 0 unspecified atom stereocenters. The second-order valence-electron chi connectivity index (χ2n) is 6.54. The van der Waals surface area contributed by atoms with Crippen LogP contribution in [0.2, 0.25) is 0 Å². The van der Waals surface area contributed by atoms with E-state index in [1.54, 1.807) is 7.11 Å². The van der Waals surface area contributed by atoms with Crippen LogP contribution in [0, 0.1) is 0 Å². The summed E-state index contributed by atoms with van der Waals surface area (Å²) in [6, 6.07) is 17.3. The van der Waals surface area contributed by atoms with Gasteiger partial charge in [-0.05, 0) is 23.3 Å². The van der Waals surface area contributed by atoms with E-state index in [1.165, 1.54) is 0 Å². The minimum atomic E-state index is -0.179. The standard InChI is InChI=1S/C22H26N2O4/c1-26-19-11-9-18(10-12-19)14-27-13-5-8-20-21(24-22(25)23-20)16-28-15-17-6-3-2-4-7-17/h2-12,20-21H,13-16H2,1H3,(H2,23,24,25)/b8-5+/t20-,21+/m0/s1. The first-order valence-corrected chi connectivity index (χ1v) is 9.30. The summed E-state index contributed by atoms with van der Waals surface area (Å²) in [6.45, 7) is 1.95. The molecule has 1 fully saturated rings. The highest BCUT2D eigenvalue weighted by atomic mass is 16.5. The van der Waals surface area contributed by atoms with Crippen LogP contribution in [0.25, 0.3) is 0 Å². The average molecular weight is 382 g/mol. The summed E-state index contributed by atoms with van der Waals surface area (Å²) in [5.74, 6) is 0.827. The van der Waals surface area contributed by atoms with Gasteiger partial charge in [0, 0.05) is 0 Å². The van der Waals surface area contributed by atoms with Gasteiger partial charge in [0.1, 0.15) is 5.75 Å². The second-order valence-corrected chi connectivity index (χ2v) is 6.54. The topological polar surface area (TPSA) is 68.8 Å². The molecule has 2 amide bonds. The molecule has 1 saturated heterocycles. The molecule has 1 aliphatic rings. The van der Waals surface area contributed by atoms with E-state index in [9.17, 15) is 4.79 Å². The minimum Gasteiger partial charge on any atom is -0.497 e. The summed E-state index contributed by atoms with van der Waals surface area (Å²) in [5, 5.41) is 5.78. The number of carbonyl (C=O) groups excluding carboxylic acids is 1. The van der Waals surface area contributed by atoms with E-state index in [0.29, 0.717) is 26.4 Å². The molecule has 2 N–H and O–H groups in total. The summed E-state index contributed by atoms with van der Waals surface area (Å²) in [4.78, 5) is 11.7. The van der Waals surface area contributed by atoms with Crippen molar-refractivity contribution in [3.8, 4) is 5.75 Å². The number of rotatable bonds is 10. The third kappa shape index (κ3) is 6.11. The first-order chi connectivity index (χ1) is 13.7. The van der Waals surface area contributed by atoms with Crippen LogP contribution in [0.3, 0.4) is 0 Å². The first kappa shape index (κ1) is 19.9. The van der Waals surface area contributed by atoms with Gasteiger partial charge >= 0.3 is 6.03 Å². The molecule has 2 aromatic rings. The first-order valence-electron chi connectivity index (χ1n) is 9.30. The lowest BCUT2D eigenvalue weighted by Gasteiger charge is -2.15. The molecular weight excluding hydrogens is 356 g/mol. The van der Waals surface area contributed by atoms with Crippen molar-refractivity contribution in [1.82, 2.24) is 10.6 Å². The van der Waals surface area contributed by atoms with Crippen LogP contribution in [0.1, 0.15) is 11.1 Å². The van der Waals surface area contributed by atoms with Crippen LogP contribution in [0.5, 0.6) is 5.75 Å². The average Bonchev–Trinajstić information content (AvgIpc) is 3.08. The number of benzene rings is 2. The molecule has 0 bridgehead atoms.